The highest BCUT2D eigenvalue weighted by atomic mass is 15.1. The van der Waals surface area contributed by atoms with Crippen molar-refractivity contribution in [2.75, 3.05) is 26.2 Å². The third kappa shape index (κ3) is 3.29. The second-order valence-electron chi connectivity index (χ2n) is 4.67. The summed E-state index contributed by atoms with van der Waals surface area (Å²) in [4.78, 5) is 6.58. The lowest BCUT2D eigenvalue weighted by Crippen LogP contribution is -2.32. The first-order valence-electron chi connectivity index (χ1n) is 6.20. The molecule has 3 nitrogen and oxygen atoms in total. The third-order valence-electron chi connectivity index (χ3n) is 3.32. The van der Waals surface area contributed by atoms with Crippen molar-refractivity contribution in [3.05, 3.63) is 30.1 Å². The maximum Gasteiger partial charge on any atom is 0.0270 e. The molecule has 0 bridgehead atoms. The van der Waals surface area contributed by atoms with Crippen molar-refractivity contribution >= 4 is 0 Å². The van der Waals surface area contributed by atoms with E-state index in [2.05, 4.69) is 22.0 Å². The first kappa shape index (κ1) is 11.6. The first-order chi connectivity index (χ1) is 7.88. The summed E-state index contributed by atoms with van der Waals surface area (Å²) in [5, 5.41) is 0. The molecule has 2 heterocycles. The summed E-state index contributed by atoms with van der Waals surface area (Å²) in [6.45, 7) is 4.44. The van der Waals surface area contributed by atoms with E-state index < -0.39 is 0 Å². The second-order valence-corrected chi connectivity index (χ2v) is 4.67. The van der Waals surface area contributed by atoms with Crippen LogP contribution in [0.1, 0.15) is 18.4 Å². The fraction of sp³-hybridized carbons (Fsp3) is 0.615. The van der Waals surface area contributed by atoms with Gasteiger partial charge in [-0.25, -0.2) is 0 Å². The summed E-state index contributed by atoms with van der Waals surface area (Å²) in [7, 11) is 0. The number of nitrogens with zero attached hydrogens (tertiary/aromatic N) is 2. The zero-order valence-electron chi connectivity index (χ0n) is 9.81. The molecule has 1 aromatic rings. The second kappa shape index (κ2) is 5.97. The predicted octanol–water partition coefficient (Wildman–Crippen LogP) is 1.29. The Morgan fingerprint density at radius 1 is 1.25 bits per heavy atom. The standard InChI is InChI=1S/C13H21N3/c14-10-13(11-16-7-1-2-8-16)9-12-3-5-15-6-4-12/h3-6,13H,1-2,7-11,14H2. The molecule has 0 aliphatic carbocycles. The predicted molar refractivity (Wildman–Crippen MR) is 66.2 cm³/mol. The van der Waals surface area contributed by atoms with Crippen molar-refractivity contribution in [2.45, 2.75) is 19.3 Å². The van der Waals surface area contributed by atoms with Crippen molar-refractivity contribution in [3.8, 4) is 0 Å². The third-order valence-corrected chi connectivity index (χ3v) is 3.32. The molecule has 2 rings (SSSR count). The van der Waals surface area contributed by atoms with Gasteiger partial charge in [0, 0.05) is 18.9 Å². The summed E-state index contributed by atoms with van der Waals surface area (Å²) in [5.41, 5.74) is 7.21. The molecule has 1 fully saturated rings. The van der Waals surface area contributed by atoms with Gasteiger partial charge in [-0.15, -0.1) is 0 Å². The van der Waals surface area contributed by atoms with Crippen molar-refractivity contribution < 1.29 is 0 Å². The van der Waals surface area contributed by atoms with Crippen LogP contribution < -0.4 is 5.73 Å². The average molecular weight is 219 g/mol. The molecule has 1 aliphatic rings. The molecule has 1 atom stereocenters. The highest BCUT2D eigenvalue weighted by Crippen LogP contribution is 2.13. The summed E-state index contributed by atoms with van der Waals surface area (Å²) in [5.74, 6) is 0.584. The number of rotatable bonds is 5. The number of likely N-dealkylation sites (tertiary alicyclic amines) is 1. The van der Waals surface area contributed by atoms with Crippen molar-refractivity contribution in [3.63, 3.8) is 0 Å². The quantitative estimate of drug-likeness (QED) is 0.811. The van der Waals surface area contributed by atoms with Gasteiger partial charge in [0.1, 0.15) is 0 Å². The van der Waals surface area contributed by atoms with Gasteiger partial charge < -0.3 is 10.6 Å². The maximum atomic E-state index is 5.86. The van der Waals surface area contributed by atoms with Crippen LogP contribution >= 0.6 is 0 Å². The normalized spacial score (nSPS) is 18.8. The molecule has 0 spiro atoms. The van der Waals surface area contributed by atoms with E-state index in [0.29, 0.717) is 5.92 Å². The molecule has 0 amide bonds. The van der Waals surface area contributed by atoms with Crippen LogP contribution in [-0.4, -0.2) is 36.1 Å². The summed E-state index contributed by atoms with van der Waals surface area (Å²) < 4.78 is 0. The van der Waals surface area contributed by atoms with Crippen LogP contribution in [0.25, 0.3) is 0 Å². The van der Waals surface area contributed by atoms with E-state index in [-0.39, 0.29) is 0 Å². The molecule has 16 heavy (non-hydrogen) atoms. The van der Waals surface area contributed by atoms with Gasteiger partial charge in [0.25, 0.3) is 0 Å². The zero-order chi connectivity index (χ0) is 11.2. The van der Waals surface area contributed by atoms with E-state index in [1.165, 1.54) is 31.5 Å². The van der Waals surface area contributed by atoms with Gasteiger partial charge in [-0.2, -0.15) is 0 Å². The van der Waals surface area contributed by atoms with E-state index in [9.17, 15) is 0 Å². The van der Waals surface area contributed by atoms with Gasteiger partial charge in [-0.3, -0.25) is 4.98 Å². The van der Waals surface area contributed by atoms with E-state index in [1.807, 2.05) is 12.4 Å². The number of hydrogen-bond donors (Lipinski definition) is 1. The van der Waals surface area contributed by atoms with Gasteiger partial charge in [0.15, 0.2) is 0 Å². The van der Waals surface area contributed by atoms with Crippen molar-refractivity contribution in [1.29, 1.82) is 0 Å². The van der Waals surface area contributed by atoms with Gasteiger partial charge in [0.05, 0.1) is 0 Å². The fourth-order valence-corrected chi connectivity index (χ4v) is 2.40. The maximum absolute atomic E-state index is 5.86. The van der Waals surface area contributed by atoms with Gasteiger partial charge in [0.2, 0.25) is 0 Å². The molecule has 1 aliphatic heterocycles. The fourth-order valence-electron chi connectivity index (χ4n) is 2.40. The van der Waals surface area contributed by atoms with Crippen LogP contribution in [0.15, 0.2) is 24.5 Å². The van der Waals surface area contributed by atoms with Crippen LogP contribution in [0, 0.1) is 5.92 Å². The molecule has 0 saturated carbocycles. The minimum absolute atomic E-state index is 0.584. The Hall–Kier alpha value is -0.930. The van der Waals surface area contributed by atoms with Crippen LogP contribution in [0.3, 0.4) is 0 Å². The van der Waals surface area contributed by atoms with E-state index >= 15 is 0 Å². The molecule has 0 aromatic carbocycles. The number of pyridine rings is 1. The SMILES string of the molecule is NCC(Cc1ccncc1)CN1CCCC1. The number of nitrogens with two attached hydrogens (primary N) is 1. The van der Waals surface area contributed by atoms with E-state index in [1.54, 1.807) is 0 Å². The molecular formula is C13H21N3. The highest BCUT2D eigenvalue weighted by molar-refractivity contribution is 5.10. The summed E-state index contributed by atoms with van der Waals surface area (Å²) >= 11 is 0. The summed E-state index contributed by atoms with van der Waals surface area (Å²) in [6.07, 6.45) is 7.51. The van der Waals surface area contributed by atoms with Crippen LogP contribution in [-0.2, 0) is 6.42 Å². The van der Waals surface area contributed by atoms with E-state index in [0.717, 1.165) is 19.5 Å². The lowest BCUT2D eigenvalue weighted by atomic mass is 10.00. The highest BCUT2D eigenvalue weighted by Gasteiger charge is 2.16. The topological polar surface area (TPSA) is 42.1 Å². The first-order valence-corrected chi connectivity index (χ1v) is 6.20. The smallest absolute Gasteiger partial charge is 0.0270 e. The van der Waals surface area contributed by atoms with Gasteiger partial charge in [-0.1, -0.05) is 0 Å². The lowest BCUT2D eigenvalue weighted by molar-refractivity contribution is 0.279. The largest absolute Gasteiger partial charge is 0.330 e. The van der Waals surface area contributed by atoms with Crippen LogP contribution in [0.5, 0.6) is 0 Å². The van der Waals surface area contributed by atoms with Crippen molar-refractivity contribution in [1.82, 2.24) is 9.88 Å². The van der Waals surface area contributed by atoms with Crippen LogP contribution in [0.4, 0.5) is 0 Å². The number of hydrogen-bond acceptors (Lipinski definition) is 3. The Balaban J connectivity index is 1.85. The lowest BCUT2D eigenvalue weighted by Gasteiger charge is -2.22. The van der Waals surface area contributed by atoms with Gasteiger partial charge in [-0.05, 0) is 62.5 Å². The molecular weight excluding hydrogens is 198 g/mol. The van der Waals surface area contributed by atoms with E-state index in [4.69, 9.17) is 5.73 Å². The summed E-state index contributed by atoms with van der Waals surface area (Å²) in [6, 6.07) is 4.18. The molecule has 3 heteroatoms. The monoisotopic (exact) mass is 219 g/mol. The number of aromatic nitrogens is 1. The molecule has 0 radical (unpaired) electrons. The average Bonchev–Trinajstić information content (AvgIpc) is 2.82. The molecule has 1 saturated heterocycles. The zero-order valence-corrected chi connectivity index (χ0v) is 9.81. The minimum Gasteiger partial charge on any atom is -0.330 e. The molecule has 2 N–H and O–H groups in total. The Morgan fingerprint density at radius 3 is 2.56 bits per heavy atom. The molecule has 88 valence electrons. The molecule has 1 unspecified atom stereocenters. The van der Waals surface area contributed by atoms with Crippen molar-refractivity contribution in [2.24, 2.45) is 11.7 Å². The molecule has 1 aromatic heterocycles. The van der Waals surface area contributed by atoms with Crippen LogP contribution in [0.2, 0.25) is 0 Å². The Labute approximate surface area is 97.7 Å². The van der Waals surface area contributed by atoms with Gasteiger partial charge >= 0.3 is 0 Å². The Bertz CT molecular complexity index is 293. The minimum atomic E-state index is 0.584. The Morgan fingerprint density at radius 2 is 1.94 bits per heavy atom. The Kier molecular flexibility index (Phi) is 4.31.